The van der Waals surface area contributed by atoms with Crippen molar-refractivity contribution in [2.75, 3.05) is 7.05 Å². The van der Waals surface area contributed by atoms with Gasteiger partial charge < -0.3 is 0 Å². The molecular weight excluding hydrogens is 398 g/mol. The van der Waals surface area contributed by atoms with E-state index in [1.807, 2.05) is 0 Å². The molecule has 0 N–H and O–H groups in total. The second-order valence-corrected chi connectivity index (χ2v) is 7.61. The van der Waals surface area contributed by atoms with Gasteiger partial charge in [-0.3, -0.25) is 0 Å². The van der Waals surface area contributed by atoms with E-state index in [1.165, 1.54) is 22.5 Å². The molecule has 2 aromatic carbocycles. The number of hydrogen-bond donors (Lipinski definition) is 0. The highest BCUT2D eigenvalue weighted by Gasteiger charge is 2.44. The summed E-state index contributed by atoms with van der Waals surface area (Å²) in [4.78, 5) is 0. The van der Waals surface area contributed by atoms with Gasteiger partial charge in [-0.1, -0.05) is 34.1 Å². The molecule has 0 fully saturated rings. The lowest BCUT2D eigenvalue weighted by atomic mass is 9.79. The second-order valence-electron chi connectivity index (χ2n) is 5.93. The standard InChI is InChI=1S/C17H17BrN.ClHO4/c1-17(2)14-6-4-5-7-15(14)19(3)16(17)12-8-10-13(18)11-9-12;2-1(3,4)5/h4-11H,1-3H3;(H,2,3,4,5)/q+1;/p-1. The van der Waals surface area contributed by atoms with Gasteiger partial charge in [-0.15, -0.1) is 10.2 Å². The average molecular weight is 415 g/mol. The molecule has 24 heavy (non-hydrogen) atoms. The lowest BCUT2D eigenvalue weighted by Crippen LogP contribution is -2.68. The van der Waals surface area contributed by atoms with Gasteiger partial charge in [0.2, 0.25) is 5.69 Å². The first-order valence-corrected chi connectivity index (χ1v) is 9.13. The van der Waals surface area contributed by atoms with Gasteiger partial charge >= 0.3 is 0 Å². The Morgan fingerprint density at radius 1 is 0.917 bits per heavy atom. The molecule has 0 atom stereocenters. The number of nitrogens with zero attached hydrogens (tertiary/aromatic N) is 1. The fraction of sp³-hybridized carbons (Fsp3) is 0.235. The van der Waals surface area contributed by atoms with Crippen molar-refractivity contribution in [1.29, 1.82) is 0 Å². The summed E-state index contributed by atoms with van der Waals surface area (Å²) in [6, 6.07) is 17.2. The van der Waals surface area contributed by atoms with Crippen LogP contribution in [-0.2, 0) is 5.41 Å². The largest absolute Gasteiger partial charge is 0.222 e. The van der Waals surface area contributed by atoms with E-state index in [2.05, 4.69) is 89.9 Å². The van der Waals surface area contributed by atoms with Crippen molar-refractivity contribution in [3.63, 3.8) is 0 Å². The fourth-order valence-corrected chi connectivity index (χ4v) is 3.39. The van der Waals surface area contributed by atoms with Crippen LogP contribution in [0.2, 0.25) is 0 Å². The van der Waals surface area contributed by atoms with Crippen LogP contribution in [0.25, 0.3) is 0 Å². The van der Waals surface area contributed by atoms with Gasteiger partial charge in [0.25, 0.3) is 0 Å². The zero-order valence-corrected chi connectivity index (χ0v) is 15.8. The third kappa shape index (κ3) is 4.22. The van der Waals surface area contributed by atoms with Crippen LogP contribution in [0, 0.1) is 10.2 Å². The predicted molar refractivity (Wildman–Crippen MR) is 83.6 cm³/mol. The van der Waals surface area contributed by atoms with E-state index in [0.29, 0.717) is 0 Å². The maximum atomic E-state index is 8.49. The molecule has 0 bridgehead atoms. The van der Waals surface area contributed by atoms with Crippen LogP contribution < -0.4 is 18.6 Å². The monoisotopic (exact) mass is 413 g/mol. The van der Waals surface area contributed by atoms with Crippen molar-refractivity contribution >= 4 is 27.3 Å². The van der Waals surface area contributed by atoms with Crippen molar-refractivity contribution in [2.24, 2.45) is 0 Å². The molecule has 0 aliphatic carbocycles. The third-order valence-corrected chi connectivity index (χ3v) is 4.51. The molecule has 128 valence electrons. The number of benzene rings is 2. The Morgan fingerprint density at radius 2 is 1.42 bits per heavy atom. The third-order valence-electron chi connectivity index (χ3n) is 3.98. The normalized spacial score (nSPS) is 15.7. The Bertz CT molecular complexity index is 761. The van der Waals surface area contributed by atoms with Gasteiger partial charge in [0.05, 0.1) is 5.41 Å². The minimum absolute atomic E-state index is 0.0408. The molecule has 1 aliphatic rings. The maximum Gasteiger partial charge on any atom is 0.209 e. The Kier molecular flexibility index (Phi) is 5.49. The SMILES string of the molecule is C[N+]1=C(c2ccc(Br)cc2)C(C)(C)c2ccccc21.[O-][Cl+3]([O-])([O-])[O-]. The molecule has 7 heteroatoms. The summed E-state index contributed by atoms with van der Waals surface area (Å²) in [5, 5.41) is 0. The molecule has 0 saturated carbocycles. The van der Waals surface area contributed by atoms with Crippen LogP contribution in [0.3, 0.4) is 0 Å². The highest BCUT2D eigenvalue weighted by molar-refractivity contribution is 9.10. The highest BCUT2D eigenvalue weighted by Crippen LogP contribution is 2.40. The van der Waals surface area contributed by atoms with Gasteiger partial charge in [0.1, 0.15) is 7.05 Å². The highest BCUT2D eigenvalue weighted by atomic mass is 79.9. The fourth-order valence-electron chi connectivity index (χ4n) is 3.12. The number of halogens is 2. The first-order chi connectivity index (χ1) is 11.0. The van der Waals surface area contributed by atoms with E-state index in [0.717, 1.165) is 4.47 Å². The van der Waals surface area contributed by atoms with Crippen molar-refractivity contribution < 1.29 is 33.5 Å². The molecule has 0 saturated heterocycles. The first-order valence-electron chi connectivity index (χ1n) is 7.10. The van der Waals surface area contributed by atoms with E-state index in [1.54, 1.807) is 0 Å². The van der Waals surface area contributed by atoms with Crippen LogP contribution in [0.1, 0.15) is 25.0 Å². The summed E-state index contributed by atoms with van der Waals surface area (Å²) in [7, 11) is -2.79. The minimum atomic E-state index is -4.94. The van der Waals surface area contributed by atoms with E-state index >= 15 is 0 Å². The van der Waals surface area contributed by atoms with Crippen LogP contribution >= 0.6 is 15.9 Å². The Hall–Kier alpha value is -1.28. The Labute approximate surface area is 151 Å². The Balaban J connectivity index is 0.000000368. The lowest BCUT2D eigenvalue weighted by Gasteiger charge is -2.17. The van der Waals surface area contributed by atoms with E-state index in [9.17, 15) is 0 Å². The molecule has 0 spiro atoms. The summed E-state index contributed by atoms with van der Waals surface area (Å²) in [6.45, 7) is 4.60. The molecule has 0 amide bonds. The molecule has 1 heterocycles. The summed E-state index contributed by atoms with van der Waals surface area (Å²) in [5.74, 6) is 0. The predicted octanol–water partition coefficient (Wildman–Crippen LogP) is -0.253. The number of fused-ring (bicyclic) bond motifs is 1. The number of rotatable bonds is 1. The quantitative estimate of drug-likeness (QED) is 0.601. The molecule has 1 aliphatic heterocycles. The van der Waals surface area contributed by atoms with E-state index in [4.69, 9.17) is 18.6 Å². The van der Waals surface area contributed by atoms with E-state index in [-0.39, 0.29) is 5.41 Å². The van der Waals surface area contributed by atoms with Gasteiger partial charge in [0.15, 0.2) is 5.71 Å². The number of hydrogen-bond acceptors (Lipinski definition) is 4. The van der Waals surface area contributed by atoms with Crippen molar-refractivity contribution in [3.8, 4) is 0 Å². The maximum absolute atomic E-state index is 8.49. The molecule has 3 rings (SSSR count). The molecule has 2 aromatic rings. The molecule has 5 nitrogen and oxygen atoms in total. The second kappa shape index (κ2) is 6.92. The van der Waals surface area contributed by atoms with Gasteiger partial charge in [0, 0.05) is 21.7 Å². The smallest absolute Gasteiger partial charge is 0.209 e. The summed E-state index contributed by atoms with van der Waals surface area (Å²) in [5.41, 5.74) is 5.40. The van der Waals surface area contributed by atoms with Gasteiger partial charge in [-0.2, -0.15) is 4.58 Å². The van der Waals surface area contributed by atoms with Crippen LogP contribution in [-0.4, -0.2) is 17.3 Å². The topological polar surface area (TPSA) is 95.2 Å². The zero-order valence-electron chi connectivity index (χ0n) is 13.5. The van der Waals surface area contributed by atoms with Crippen LogP contribution in [0.4, 0.5) is 5.69 Å². The first kappa shape index (κ1) is 19.1. The minimum Gasteiger partial charge on any atom is -0.222 e. The van der Waals surface area contributed by atoms with Gasteiger partial charge in [-0.25, -0.2) is 18.6 Å². The Morgan fingerprint density at radius 3 is 1.92 bits per heavy atom. The molecule has 0 radical (unpaired) electrons. The number of para-hydroxylation sites is 1. The lowest BCUT2D eigenvalue weighted by molar-refractivity contribution is -2.00. The summed E-state index contributed by atoms with van der Waals surface area (Å²) < 4.78 is 37.4. The van der Waals surface area contributed by atoms with Gasteiger partial charge in [-0.05, 0) is 38.1 Å². The van der Waals surface area contributed by atoms with Crippen LogP contribution in [0.5, 0.6) is 0 Å². The summed E-state index contributed by atoms with van der Waals surface area (Å²) >= 11 is 3.50. The molecular formula is C17H17BrClNO4. The van der Waals surface area contributed by atoms with E-state index < -0.39 is 10.2 Å². The van der Waals surface area contributed by atoms with Crippen molar-refractivity contribution in [3.05, 3.63) is 64.1 Å². The van der Waals surface area contributed by atoms with Crippen LogP contribution in [0.15, 0.2) is 53.0 Å². The van der Waals surface area contributed by atoms with Crippen molar-refractivity contribution in [2.45, 2.75) is 19.3 Å². The molecule has 0 unspecified atom stereocenters. The average Bonchev–Trinajstić information content (AvgIpc) is 2.67. The summed E-state index contributed by atoms with van der Waals surface area (Å²) in [6.07, 6.45) is 0. The van der Waals surface area contributed by atoms with Crippen molar-refractivity contribution in [1.82, 2.24) is 0 Å². The molecule has 0 aromatic heterocycles. The zero-order chi connectivity index (χ0) is 18.1.